The number of nitrogen functional groups attached to an aromatic ring is 1. The van der Waals surface area contributed by atoms with Crippen LogP contribution in [0.1, 0.15) is 61.8 Å². The van der Waals surface area contributed by atoms with Crippen LogP contribution in [0, 0.1) is 11.8 Å². The van der Waals surface area contributed by atoms with Crippen LogP contribution in [0.4, 0.5) is 14.5 Å². The SMILES string of the molecule is CC(C)C1C2CCC1c1c(N)cccc12.Cn1ccc(C(F)F)n1. The molecule has 2 bridgehead atoms. The van der Waals surface area contributed by atoms with E-state index in [0.717, 1.165) is 29.4 Å². The average Bonchev–Trinajstić information content (AvgIpc) is 3.21. The van der Waals surface area contributed by atoms with Crippen molar-refractivity contribution < 1.29 is 8.78 Å². The summed E-state index contributed by atoms with van der Waals surface area (Å²) in [4.78, 5) is 0. The van der Waals surface area contributed by atoms with Crippen molar-refractivity contribution >= 4 is 5.69 Å². The average molecular weight is 333 g/mol. The summed E-state index contributed by atoms with van der Waals surface area (Å²) in [5.41, 5.74) is 10.0. The third kappa shape index (κ3) is 2.92. The molecule has 0 radical (unpaired) electrons. The van der Waals surface area contributed by atoms with Gasteiger partial charge in [-0.15, -0.1) is 0 Å². The van der Waals surface area contributed by atoms with Gasteiger partial charge in [0.1, 0.15) is 5.69 Å². The van der Waals surface area contributed by atoms with Gasteiger partial charge in [-0.2, -0.15) is 5.10 Å². The lowest BCUT2D eigenvalue weighted by molar-refractivity contribution is 0.145. The molecule has 1 aromatic carbocycles. The first-order valence-corrected chi connectivity index (χ1v) is 8.56. The lowest BCUT2D eigenvalue weighted by atomic mass is 9.85. The topological polar surface area (TPSA) is 43.8 Å². The van der Waals surface area contributed by atoms with Gasteiger partial charge in [-0.1, -0.05) is 26.0 Å². The molecule has 1 fully saturated rings. The fourth-order valence-electron chi connectivity index (χ4n) is 4.56. The fraction of sp³-hybridized carbons (Fsp3) is 0.526. The molecule has 24 heavy (non-hydrogen) atoms. The Labute approximate surface area is 141 Å². The van der Waals surface area contributed by atoms with E-state index in [2.05, 4.69) is 37.1 Å². The number of fused-ring (bicyclic) bond motifs is 5. The number of aromatic nitrogens is 2. The first kappa shape index (κ1) is 16.9. The molecule has 130 valence electrons. The maximum Gasteiger partial charge on any atom is 0.282 e. The van der Waals surface area contributed by atoms with Gasteiger partial charge < -0.3 is 5.73 Å². The Morgan fingerprint density at radius 2 is 1.88 bits per heavy atom. The van der Waals surface area contributed by atoms with E-state index in [9.17, 15) is 8.78 Å². The third-order valence-electron chi connectivity index (χ3n) is 5.39. The molecule has 3 unspecified atom stereocenters. The predicted octanol–water partition coefficient (Wildman–Crippen LogP) is 4.87. The van der Waals surface area contributed by atoms with Crippen LogP contribution in [0.25, 0.3) is 0 Å². The Morgan fingerprint density at radius 1 is 1.17 bits per heavy atom. The molecule has 2 aliphatic carbocycles. The van der Waals surface area contributed by atoms with Crippen LogP contribution >= 0.6 is 0 Å². The van der Waals surface area contributed by atoms with Gasteiger partial charge in [-0.25, -0.2) is 8.78 Å². The van der Waals surface area contributed by atoms with Crippen LogP contribution in [0.5, 0.6) is 0 Å². The molecule has 1 heterocycles. The van der Waals surface area contributed by atoms with E-state index in [0.29, 0.717) is 0 Å². The van der Waals surface area contributed by atoms with E-state index < -0.39 is 6.43 Å². The van der Waals surface area contributed by atoms with Gasteiger partial charge in [0.25, 0.3) is 6.43 Å². The summed E-state index contributed by atoms with van der Waals surface area (Å²) in [7, 11) is 1.60. The summed E-state index contributed by atoms with van der Waals surface area (Å²) < 4.78 is 24.8. The molecule has 0 amide bonds. The van der Waals surface area contributed by atoms with Crippen molar-refractivity contribution in [3.8, 4) is 0 Å². The summed E-state index contributed by atoms with van der Waals surface area (Å²) in [6, 6.07) is 7.78. The molecule has 2 N–H and O–H groups in total. The smallest absolute Gasteiger partial charge is 0.282 e. The molecular formula is C19H25F2N3. The van der Waals surface area contributed by atoms with E-state index in [1.54, 1.807) is 12.6 Å². The molecule has 5 heteroatoms. The third-order valence-corrected chi connectivity index (χ3v) is 5.39. The van der Waals surface area contributed by atoms with E-state index in [-0.39, 0.29) is 5.69 Å². The summed E-state index contributed by atoms with van der Waals surface area (Å²) >= 11 is 0. The van der Waals surface area contributed by atoms with Crippen molar-refractivity contribution in [2.24, 2.45) is 18.9 Å². The molecule has 1 saturated carbocycles. The number of benzene rings is 1. The zero-order valence-corrected chi connectivity index (χ0v) is 14.4. The number of rotatable bonds is 2. The summed E-state index contributed by atoms with van der Waals surface area (Å²) in [5.74, 6) is 3.19. The first-order chi connectivity index (χ1) is 11.4. The van der Waals surface area contributed by atoms with Crippen LogP contribution in [-0.2, 0) is 7.05 Å². The van der Waals surface area contributed by atoms with Gasteiger partial charge in [0, 0.05) is 18.9 Å². The molecule has 4 rings (SSSR count). The van der Waals surface area contributed by atoms with E-state index in [1.165, 1.54) is 35.4 Å². The Hall–Kier alpha value is -1.91. The minimum absolute atomic E-state index is 0.169. The minimum atomic E-state index is -2.45. The molecule has 3 nitrogen and oxygen atoms in total. The van der Waals surface area contributed by atoms with Crippen molar-refractivity contribution in [1.82, 2.24) is 9.78 Å². The highest BCUT2D eigenvalue weighted by atomic mass is 19.3. The fourth-order valence-corrected chi connectivity index (χ4v) is 4.56. The van der Waals surface area contributed by atoms with Crippen LogP contribution in [0.3, 0.4) is 0 Å². The first-order valence-electron chi connectivity index (χ1n) is 8.56. The number of aryl methyl sites for hydroxylation is 1. The van der Waals surface area contributed by atoms with Gasteiger partial charge in [0.2, 0.25) is 0 Å². The number of nitrogens with two attached hydrogens (primary N) is 1. The second kappa shape index (κ2) is 6.54. The van der Waals surface area contributed by atoms with Gasteiger partial charge >= 0.3 is 0 Å². The lowest BCUT2D eigenvalue weighted by Gasteiger charge is -2.20. The van der Waals surface area contributed by atoms with Crippen molar-refractivity contribution in [1.29, 1.82) is 0 Å². The van der Waals surface area contributed by atoms with Gasteiger partial charge in [-0.05, 0) is 59.8 Å². The number of nitrogens with zero attached hydrogens (tertiary/aromatic N) is 2. The molecule has 3 atom stereocenters. The highest BCUT2D eigenvalue weighted by Gasteiger charge is 2.47. The molecule has 0 aliphatic heterocycles. The standard InChI is InChI=1S/C14H19N.C5H6F2N2/c1-8(2)13-10-6-7-11(13)14-9(10)4-3-5-12(14)15;1-9-3-2-4(8-9)5(6)7/h3-5,8,10-11,13H,6-7,15H2,1-2H3;2-3,5H,1H3. The van der Waals surface area contributed by atoms with E-state index >= 15 is 0 Å². The second-order valence-corrected chi connectivity index (χ2v) is 7.18. The Balaban J connectivity index is 0.000000162. The monoisotopic (exact) mass is 333 g/mol. The Kier molecular flexibility index (Phi) is 4.61. The maximum absolute atomic E-state index is 11.7. The van der Waals surface area contributed by atoms with E-state index in [4.69, 9.17) is 5.73 Å². The highest BCUT2D eigenvalue weighted by Crippen LogP contribution is 2.60. The highest BCUT2D eigenvalue weighted by molar-refractivity contribution is 5.58. The normalized spacial score (nSPS) is 24.2. The lowest BCUT2D eigenvalue weighted by Crippen LogP contribution is -2.11. The molecule has 0 saturated heterocycles. The van der Waals surface area contributed by atoms with Gasteiger partial charge in [0.15, 0.2) is 0 Å². The Bertz CT molecular complexity index is 708. The predicted molar refractivity (Wildman–Crippen MR) is 92.1 cm³/mol. The number of hydrogen-bond donors (Lipinski definition) is 1. The summed E-state index contributed by atoms with van der Waals surface area (Å²) in [5, 5.41) is 3.48. The van der Waals surface area contributed by atoms with Gasteiger partial charge in [0.05, 0.1) is 0 Å². The molecule has 2 aromatic rings. The molecular weight excluding hydrogens is 308 g/mol. The van der Waals surface area contributed by atoms with Crippen molar-refractivity contribution in [2.45, 2.75) is 45.0 Å². The zero-order valence-electron chi connectivity index (χ0n) is 14.4. The second-order valence-electron chi connectivity index (χ2n) is 7.18. The van der Waals surface area contributed by atoms with Gasteiger partial charge in [-0.3, -0.25) is 4.68 Å². The van der Waals surface area contributed by atoms with Crippen molar-refractivity contribution in [3.63, 3.8) is 0 Å². The molecule has 0 spiro atoms. The number of anilines is 1. The minimum Gasteiger partial charge on any atom is -0.398 e. The maximum atomic E-state index is 11.7. The summed E-state index contributed by atoms with van der Waals surface area (Å²) in [6.07, 6.45) is 1.77. The quantitative estimate of drug-likeness (QED) is 0.797. The number of halogens is 2. The zero-order chi connectivity index (χ0) is 17.4. The van der Waals surface area contributed by atoms with Crippen molar-refractivity contribution in [2.75, 3.05) is 5.73 Å². The molecule has 2 aliphatic rings. The molecule has 1 aromatic heterocycles. The van der Waals surface area contributed by atoms with Crippen LogP contribution in [-0.4, -0.2) is 9.78 Å². The largest absolute Gasteiger partial charge is 0.398 e. The van der Waals surface area contributed by atoms with Crippen LogP contribution in [0.15, 0.2) is 30.5 Å². The van der Waals surface area contributed by atoms with Crippen LogP contribution < -0.4 is 5.73 Å². The number of hydrogen-bond acceptors (Lipinski definition) is 2. The van der Waals surface area contributed by atoms with Crippen LogP contribution in [0.2, 0.25) is 0 Å². The van der Waals surface area contributed by atoms with Crippen molar-refractivity contribution in [3.05, 3.63) is 47.3 Å². The summed E-state index contributed by atoms with van der Waals surface area (Å²) in [6.45, 7) is 4.72. The number of alkyl halides is 2. The Morgan fingerprint density at radius 3 is 2.38 bits per heavy atom. The van der Waals surface area contributed by atoms with E-state index in [1.807, 2.05) is 0 Å².